The Labute approximate surface area is 154 Å². The highest BCUT2D eigenvalue weighted by Crippen LogP contribution is 2.33. The SMILES string of the molecule is CCOc1c(Cl)cc(/C=N\NC(=O)Nc2cccc(Cl)c2)cc1Cl. The summed E-state index contributed by atoms with van der Waals surface area (Å²) in [7, 11) is 0. The van der Waals surface area contributed by atoms with Gasteiger partial charge >= 0.3 is 6.03 Å². The molecule has 2 amide bonds. The minimum absolute atomic E-state index is 0.370. The number of hydrazone groups is 1. The van der Waals surface area contributed by atoms with Crippen LogP contribution in [0.2, 0.25) is 15.1 Å². The molecule has 0 aliphatic carbocycles. The zero-order valence-corrected chi connectivity index (χ0v) is 14.9. The lowest BCUT2D eigenvalue weighted by molar-refractivity contribution is 0.252. The molecule has 0 fully saturated rings. The molecule has 126 valence electrons. The third kappa shape index (κ3) is 5.30. The number of amides is 2. The second-order valence-electron chi connectivity index (χ2n) is 4.58. The van der Waals surface area contributed by atoms with E-state index in [1.165, 1.54) is 6.21 Å². The van der Waals surface area contributed by atoms with Crippen LogP contribution in [-0.2, 0) is 0 Å². The predicted octanol–water partition coefficient (Wildman–Crippen LogP) is 5.20. The van der Waals surface area contributed by atoms with Gasteiger partial charge in [-0.2, -0.15) is 5.10 Å². The van der Waals surface area contributed by atoms with Crippen molar-refractivity contribution in [2.24, 2.45) is 5.10 Å². The van der Waals surface area contributed by atoms with Crippen molar-refractivity contribution in [2.45, 2.75) is 6.92 Å². The molecule has 0 aliphatic rings. The molecular weight excluding hydrogens is 373 g/mol. The fourth-order valence-corrected chi connectivity index (χ4v) is 2.63. The van der Waals surface area contributed by atoms with E-state index in [4.69, 9.17) is 39.5 Å². The number of carbonyl (C=O) groups excluding carboxylic acids is 1. The van der Waals surface area contributed by atoms with Crippen molar-refractivity contribution < 1.29 is 9.53 Å². The number of nitrogens with zero attached hydrogens (tertiary/aromatic N) is 1. The van der Waals surface area contributed by atoms with Crippen molar-refractivity contribution >= 4 is 52.7 Å². The van der Waals surface area contributed by atoms with E-state index in [1.54, 1.807) is 36.4 Å². The Morgan fingerprint density at radius 3 is 2.54 bits per heavy atom. The second kappa shape index (κ2) is 8.78. The lowest BCUT2D eigenvalue weighted by Gasteiger charge is -2.08. The molecule has 2 aromatic carbocycles. The molecule has 0 saturated carbocycles. The van der Waals surface area contributed by atoms with Gasteiger partial charge in [0, 0.05) is 10.7 Å². The Balaban J connectivity index is 1.97. The van der Waals surface area contributed by atoms with E-state index >= 15 is 0 Å². The van der Waals surface area contributed by atoms with Crippen molar-refractivity contribution in [3.05, 3.63) is 57.0 Å². The van der Waals surface area contributed by atoms with Gasteiger partial charge in [-0.15, -0.1) is 0 Å². The Hall–Kier alpha value is -1.95. The third-order valence-electron chi connectivity index (χ3n) is 2.77. The molecule has 0 bridgehead atoms. The number of hydrogen-bond donors (Lipinski definition) is 2. The third-order valence-corrected chi connectivity index (χ3v) is 3.57. The van der Waals surface area contributed by atoms with Gasteiger partial charge in [-0.3, -0.25) is 0 Å². The van der Waals surface area contributed by atoms with Gasteiger partial charge in [0.15, 0.2) is 5.75 Å². The zero-order valence-electron chi connectivity index (χ0n) is 12.6. The number of nitrogens with one attached hydrogen (secondary N) is 2. The first-order valence-corrected chi connectivity index (χ1v) is 8.10. The number of benzene rings is 2. The molecule has 2 rings (SSSR count). The lowest BCUT2D eigenvalue weighted by atomic mass is 10.2. The number of anilines is 1. The largest absolute Gasteiger partial charge is 0.491 e. The van der Waals surface area contributed by atoms with Gasteiger partial charge in [0.05, 0.1) is 22.9 Å². The molecule has 2 aromatic rings. The molecule has 0 heterocycles. The molecule has 0 unspecified atom stereocenters. The first-order valence-electron chi connectivity index (χ1n) is 6.97. The molecule has 8 heteroatoms. The molecule has 0 aliphatic heterocycles. The minimum atomic E-state index is -0.503. The van der Waals surface area contributed by atoms with Gasteiger partial charge in [-0.25, -0.2) is 10.2 Å². The minimum Gasteiger partial charge on any atom is -0.491 e. The summed E-state index contributed by atoms with van der Waals surface area (Å²) in [6.45, 7) is 2.29. The van der Waals surface area contributed by atoms with Crippen LogP contribution in [0.25, 0.3) is 0 Å². The van der Waals surface area contributed by atoms with Crippen LogP contribution < -0.4 is 15.5 Å². The van der Waals surface area contributed by atoms with Crippen LogP contribution in [0.1, 0.15) is 12.5 Å². The quantitative estimate of drug-likeness (QED) is 0.548. The van der Waals surface area contributed by atoms with E-state index in [-0.39, 0.29) is 0 Å². The van der Waals surface area contributed by atoms with Crippen molar-refractivity contribution in [3.8, 4) is 5.75 Å². The van der Waals surface area contributed by atoms with E-state index in [9.17, 15) is 4.79 Å². The van der Waals surface area contributed by atoms with Crippen LogP contribution in [-0.4, -0.2) is 18.9 Å². The van der Waals surface area contributed by atoms with Gasteiger partial charge in [0.2, 0.25) is 0 Å². The standard InChI is InChI=1S/C16H14Cl3N3O2/c1-2-24-15-13(18)6-10(7-14(15)19)9-20-22-16(23)21-12-5-3-4-11(17)8-12/h3-9H,2H2,1H3,(H2,21,22,23)/b20-9-. The molecule has 5 nitrogen and oxygen atoms in total. The van der Waals surface area contributed by atoms with Crippen molar-refractivity contribution in [1.29, 1.82) is 0 Å². The highest BCUT2D eigenvalue weighted by atomic mass is 35.5. The summed E-state index contributed by atoms with van der Waals surface area (Å²) in [5.41, 5.74) is 3.52. The Morgan fingerprint density at radius 1 is 1.21 bits per heavy atom. The van der Waals surface area contributed by atoms with E-state index in [0.717, 1.165) is 0 Å². The highest BCUT2D eigenvalue weighted by Gasteiger charge is 2.08. The molecular formula is C16H14Cl3N3O2. The van der Waals surface area contributed by atoms with Crippen LogP contribution in [0.4, 0.5) is 10.5 Å². The maximum absolute atomic E-state index is 11.7. The second-order valence-corrected chi connectivity index (χ2v) is 5.83. The van der Waals surface area contributed by atoms with Crippen LogP contribution >= 0.6 is 34.8 Å². The Morgan fingerprint density at radius 2 is 1.92 bits per heavy atom. The van der Waals surface area contributed by atoms with E-state index in [0.29, 0.717) is 38.7 Å². The van der Waals surface area contributed by atoms with Crippen molar-refractivity contribution in [3.63, 3.8) is 0 Å². The van der Waals surface area contributed by atoms with Crippen LogP contribution in [0.5, 0.6) is 5.75 Å². The zero-order chi connectivity index (χ0) is 17.5. The van der Waals surface area contributed by atoms with Crippen molar-refractivity contribution in [2.75, 3.05) is 11.9 Å². The summed E-state index contributed by atoms with van der Waals surface area (Å²) in [6.07, 6.45) is 1.42. The highest BCUT2D eigenvalue weighted by molar-refractivity contribution is 6.37. The molecule has 0 saturated heterocycles. The fourth-order valence-electron chi connectivity index (χ4n) is 1.83. The van der Waals surface area contributed by atoms with E-state index in [2.05, 4.69) is 15.8 Å². The maximum Gasteiger partial charge on any atom is 0.339 e. The lowest BCUT2D eigenvalue weighted by Crippen LogP contribution is -2.24. The summed E-state index contributed by atoms with van der Waals surface area (Å²) in [6, 6.07) is 9.54. The summed E-state index contributed by atoms with van der Waals surface area (Å²) in [5, 5.41) is 7.70. The van der Waals surface area contributed by atoms with Gasteiger partial charge in [-0.05, 0) is 42.8 Å². The summed E-state index contributed by atoms with van der Waals surface area (Å²) >= 11 is 18.0. The molecule has 0 spiro atoms. The maximum atomic E-state index is 11.7. The topological polar surface area (TPSA) is 62.7 Å². The average Bonchev–Trinajstić information content (AvgIpc) is 2.51. The van der Waals surface area contributed by atoms with E-state index < -0.39 is 6.03 Å². The average molecular weight is 387 g/mol. The smallest absolute Gasteiger partial charge is 0.339 e. The first kappa shape index (κ1) is 18.4. The summed E-state index contributed by atoms with van der Waals surface area (Å²) in [4.78, 5) is 11.7. The number of urea groups is 1. The molecule has 24 heavy (non-hydrogen) atoms. The fraction of sp³-hybridized carbons (Fsp3) is 0.125. The molecule has 0 radical (unpaired) electrons. The van der Waals surface area contributed by atoms with Gasteiger partial charge < -0.3 is 10.1 Å². The number of ether oxygens (including phenoxy) is 1. The Kier molecular flexibility index (Phi) is 6.73. The molecule has 0 atom stereocenters. The normalized spacial score (nSPS) is 10.7. The van der Waals surface area contributed by atoms with Crippen molar-refractivity contribution in [1.82, 2.24) is 5.43 Å². The van der Waals surface area contributed by atoms with Crippen LogP contribution in [0, 0.1) is 0 Å². The van der Waals surface area contributed by atoms with Gasteiger partial charge in [0.25, 0.3) is 0 Å². The Bertz CT molecular complexity index is 743. The van der Waals surface area contributed by atoms with Crippen LogP contribution in [0.15, 0.2) is 41.5 Å². The summed E-state index contributed by atoms with van der Waals surface area (Å²) < 4.78 is 5.34. The van der Waals surface area contributed by atoms with Gasteiger partial charge in [-0.1, -0.05) is 40.9 Å². The molecule has 2 N–H and O–H groups in total. The van der Waals surface area contributed by atoms with Crippen LogP contribution in [0.3, 0.4) is 0 Å². The van der Waals surface area contributed by atoms with E-state index in [1.807, 2.05) is 6.92 Å². The number of hydrogen-bond acceptors (Lipinski definition) is 3. The predicted molar refractivity (Wildman–Crippen MR) is 98.8 cm³/mol. The first-order chi connectivity index (χ1) is 11.5. The number of halogens is 3. The van der Waals surface area contributed by atoms with Gasteiger partial charge in [0.1, 0.15) is 0 Å². The number of rotatable bonds is 5. The monoisotopic (exact) mass is 385 g/mol. The summed E-state index contributed by atoms with van der Waals surface area (Å²) in [5.74, 6) is 0.421. The molecule has 0 aromatic heterocycles. The number of carbonyl (C=O) groups is 1.